The average molecular weight is 1280 g/mol. The Kier molecular flexibility index (Phi) is 24.9. The summed E-state index contributed by atoms with van der Waals surface area (Å²) < 4.78 is 3.43. The summed E-state index contributed by atoms with van der Waals surface area (Å²) in [6, 6.07) is 3.13. The number of nitrogens with zero attached hydrogens (tertiary/aromatic N) is 7. The van der Waals surface area contributed by atoms with Gasteiger partial charge < -0.3 is 78.2 Å². The summed E-state index contributed by atoms with van der Waals surface area (Å²) in [6.07, 6.45) is -1.43. The number of nitrogens with two attached hydrogens (primary N) is 2. The number of aromatic nitrogens is 4. The number of likely N-dealkylation sites (N-methyl/N-ethyl adjacent to an activating group) is 1. The number of amides is 7. The number of hydrogen-bond acceptors (Lipinski definition) is 16. The van der Waals surface area contributed by atoms with Crippen molar-refractivity contribution in [1.82, 2.24) is 55.5 Å². The van der Waals surface area contributed by atoms with Crippen LogP contribution in [0.1, 0.15) is 109 Å². The van der Waals surface area contributed by atoms with Gasteiger partial charge in [0.05, 0.1) is 52.1 Å². The maximum atomic E-state index is 13.9. The number of nitrogens with one attached hydrogen (secondary N) is 7. The van der Waals surface area contributed by atoms with Gasteiger partial charge in [-0.15, -0.1) is 0 Å². The molecule has 4 aromatic rings. The van der Waals surface area contributed by atoms with Crippen LogP contribution in [0.2, 0.25) is 10.0 Å². The van der Waals surface area contributed by atoms with Gasteiger partial charge in [-0.3, -0.25) is 67.5 Å². The lowest BCUT2D eigenvalue weighted by atomic mass is 10.0. The number of hydrogen-bond donors (Lipinski definition) is 13. The van der Waals surface area contributed by atoms with E-state index in [-0.39, 0.29) is 84.2 Å². The molecule has 0 saturated heterocycles. The van der Waals surface area contributed by atoms with Crippen LogP contribution < -0.4 is 48.7 Å². The summed E-state index contributed by atoms with van der Waals surface area (Å²) in [5.41, 5.74) is 15.3. The molecule has 480 valence electrons. The second-order valence-electron chi connectivity index (χ2n) is 21.1. The van der Waals surface area contributed by atoms with Crippen molar-refractivity contribution in [2.75, 3.05) is 49.9 Å². The zero-order valence-corrected chi connectivity index (χ0v) is 50.5. The van der Waals surface area contributed by atoms with Gasteiger partial charge in [-0.1, -0.05) is 47.5 Å². The molecule has 0 unspecified atom stereocenters. The third-order valence-corrected chi connectivity index (χ3v) is 15.4. The summed E-state index contributed by atoms with van der Waals surface area (Å²) in [4.78, 5) is 158. The van der Waals surface area contributed by atoms with Gasteiger partial charge in [0.25, 0.3) is 11.8 Å². The number of carbonyl (C=O) groups excluding carboxylic acids is 7. The van der Waals surface area contributed by atoms with E-state index >= 15 is 0 Å². The molecular formula is C56H72Cl2N16O15. The van der Waals surface area contributed by atoms with Gasteiger partial charge in [0.15, 0.2) is 17.6 Å². The van der Waals surface area contributed by atoms with Gasteiger partial charge in [-0.25, -0.2) is 9.97 Å². The zero-order valence-electron chi connectivity index (χ0n) is 49.0. The molecule has 15 N–H and O–H groups in total. The molecular weight excluding hydrogens is 1210 g/mol. The van der Waals surface area contributed by atoms with Gasteiger partial charge in [0, 0.05) is 102 Å². The van der Waals surface area contributed by atoms with E-state index in [4.69, 9.17) is 39.8 Å². The van der Waals surface area contributed by atoms with Crippen molar-refractivity contribution >= 4 is 106 Å². The van der Waals surface area contributed by atoms with Gasteiger partial charge in [0.2, 0.25) is 29.5 Å². The number of guanidine groups is 1. The third kappa shape index (κ3) is 19.4. The number of aliphatic imine (C=N–C) groups is 1. The van der Waals surface area contributed by atoms with Crippen molar-refractivity contribution in [1.29, 1.82) is 0 Å². The second kappa shape index (κ2) is 32.2. The number of aliphatic carboxylic acids is 4. The Balaban J connectivity index is 1.05. The maximum Gasteiger partial charge on any atom is 0.305 e. The van der Waals surface area contributed by atoms with Gasteiger partial charge in [-0.2, -0.15) is 0 Å². The first-order valence-electron chi connectivity index (χ1n) is 28.4. The largest absolute Gasteiger partial charge is 0.481 e. The molecule has 31 nitrogen and oxygen atoms in total. The molecule has 0 spiro atoms. The Morgan fingerprint density at radius 1 is 0.584 bits per heavy atom. The van der Waals surface area contributed by atoms with Crippen LogP contribution in [0.4, 0.5) is 11.4 Å². The summed E-state index contributed by atoms with van der Waals surface area (Å²) in [5, 5.41) is 55.2. The molecule has 2 aromatic heterocycles. The van der Waals surface area contributed by atoms with E-state index in [2.05, 4.69) is 57.1 Å². The molecule has 6 rings (SSSR count). The smallest absolute Gasteiger partial charge is 0.305 e. The lowest BCUT2D eigenvalue weighted by Gasteiger charge is -2.26. The molecule has 89 heavy (non-hydrogen) atoms. The number of imidazole rings is 2. The minimum atomic E-state index is -1.91. The predicted molar refractivity (Wildman–Crippen MR) is 321 cm³/mol. The number of halogens is 2. The van der Waals surface area contributed by atoms with Gasteiger partial charge >= 0.3 is 23.9 Å². The van der Waals surface area contributed by atoms with Crippen molar-refractivity contribution in [3.63, 3.8) is 0 Å². The summed E-state index contributed by atoms with van der Waals surface area (Å²) in [6.45, 7) is 4.42. The van der Waals surface area contributed by atoms with Crippen LogP contribution >= 0.6 is 23.2 Å². The minimum Gasteiger partial charge on any atom is -0.481 e. The normalized spacial score (nSPS) is 14.3. The van der Waals surface area contributed by atoms with Crippen LogP contribution in [-0.2, 0) is 83.2 Å². The van der Waals surface area contributed by atoms with E-state index in [0.717, 1.165) is 17.1 Å². The Morgan fingerprint density at radius 3 is 1.45 bits per heavy atom. The predicted octanol–water partition coefficient (Wildman–Crippen LogP) is 0.546. The molecule has 0 bridgehead atoms. The first-order chi connectivity index (χ1) is 42.2. The highest BCUT2D eigenvalue weighted by Crippen LogP contribution is 2.40. The second-order valence-corrected chi connectivity index (χ2v) is 21.9. The molecule has 0 saturated carbocycles. The average Bonchev–Trinajstić information content (AvgIpc) is 2.24. The number of carboxylic acids is 4. The molecule has 4 heterocycles. The first kappa shape index (κ1) is 68.9. The summed E-state index contributed by atoms with van der Waals surface area (Å²) in [7, 11) is 3.47. The van der Waals surface area contributed by atoms with Crippen LogP contribution in [0.25, 0.3) is 11.1 Å². The Morgan fingerprint density at radius 2 is 1.01 bits per heavy atom. The maximum absolute atomic E-state index is 13.9. The first-order valence-corrected chi connectivity index (χ1v) is 29.1. The minimum absolute atomic E-state index is 0.00630. The van der Waals surface area contributed by atoms with Crippen molar-refractivity contribution in [2.24, 2.45) is 30.6 Å². The fourth-order valence-electron chi connectivity index (χ4n) is 10.2. The van der Waals surface area contributed by atoms with Crippen molar-refractivity contribution in [3.8, 4) is 11.1 Å². The van der Waals surface area contributed by atoms with E-state index in [1.807, 2.05) is 4.90 Å². The Bertz CT molecular complexity index is 3380. The summed E-state index contributed by atoms with van der Waals surface area (Å²) in [5.74, 6) is -11.6. The molecule has 2 aliphatic heterocycles. The third-order valence-electron chi connectivity index (χ3n) is 14.6. The fourth-order valence-corrected chi connectivity index (χ4v) is 10.8. The lowest BCUT2D eigenvalue weighted by molar-refractivity contribution is -0.143. The van der Waals surface area contributed by atoms with E-state index in [0.29, 0.717) is 75.4 Å². The molecule has 4 atom stereocenters. The van der Waals surface area contributed by atoms with E-state index < -0.39 is 109 Å². The van der Waals surface area contributed by atoms with Crippen molar-refractivity contribution in [3.05, 3.63) is 80.9 Å². The van der Waals surface area contributed by atoms with Gasteiger partial charge in [0.1, 0.15) is 24.2 Å². The highest BCUT2D eigenvalue weighted by molar-refractivity contribution is 6.40. The highest BCUT2D eigenvalue weighted by Gasteiger charge is 2.35. The molecule has 7 amide bonds. The van der Waals surface area contributed by atoms with E-state index in [1.54, 1.807) is 59.6 Å². The highest BCUT2D eigenvalue weighted by atomic mass is 35.5. The molecule has 0 fully saturated rings. The Labute approximate surface area is 519 Å². The van der Waals surface area contributed by atoms with Crippen molar-refractivity contribution in [2.45, 2.75) is 115 Å². The van der Waals surface area contributed by atoms with Crippen LogP contribution in [0, 0.1) is 0 Å². The fraction of sp³-hybridized carbons (Fsp3) is 0.464. The van der Waals surface area contributed by atoms with Crippen molar-refractivity contribution < 1.29 is 73.2 Å². The SMILES string of the molecule is CCNC(=O)[C@H](CC(=O)O)NC(=O)[C@H](CC(=O)O)NC(=O)[C@H](CCCN=C(N)N)NC(=O)[C@H](CC(=O)O)NC(=O)CCCN1CCc2c(nc(C(=O)Nc3cccc(-c4cccc(NC(=O)c5nc6c(n5C)CCN(CCCC(=O)O)C6)c4Cl)c3Cl)n2C)C1. The molecule has 2 aromatic carbocycles. The number of carboxylic acid groups (broad SMARTS) is 4. The number of anilines is 2. The van der Waals surface area contributed by atoms with E-state index in [1.165, 1.54) is 6.92 Å². The molecule has 0 radical (unpaired) electrons. The number of fused-ring (bicyclic) bond motifs is 2. The van der Waals surface area contributed by atoms with Crippen LogP contribution in [0.3, 0.4) is 0 Å². The topological polar surface area (TPSA) is 459 Å². The Hall–Kier alpha value is -9.20. The zero-order chi connectivity index (χ0) is 65.2. The standard InChI is InChI=1S/C56H72Cl2N16O15/c1-4-61-50(84)34(24-43(78)79)69-53(87)36(26-45(82)83)70-51(85)33(14-7-19-62-56(59)60)68-52(86)35(25-44(80)81)63-41(75)15-8-20-73-22-17-39-37(27-73)64-48(71(39)2)54(88)66-31-12-5-10-29(46(31)57)30-11-6-13-32(47(30)58)67-55(89)49-65-38-28-74(21-9-16-42(76)77)23-18-40(38)72(49)3/h5-6,10-13,33-36H,4,7-9,14-28H2,1-3H3,(H,61,84)(H,63,75)(H,66,88)(H,67,89)(H,68,86)(H,69,87)(H,70,85)(H,76,77)(H,78,79)(H,80,81)(H,82,83)(H4,59,60,62)/t33-,34-,35-,36-/m0/s1. The lowest BCUT2D eigenvalue weighted by Crippen LogP contribution is -2.59. The monoisotopic (exact) mass is 1280 g/mol. The van der Waals surface area contributed by atoms with Crippen LogP contribution in [0.5, 0.6) is 0 Å². The molecule has 0 aliphatic carbocycles. The number of carbonyl (C=O) groups is 11. The molecule has 2 aliphatic rings. The van der Waals surface area contributed by atoms with E-state index in [9.17, 15) is 68.1 Å². The van der Waals surface area contributed by atoms with Crippen LogP contribution in [-0.4, -0.2) is 184 Å². The quantitative estimate of drug-likeness (QED) is 0.0180. The van der Waals surface area contributed by atoms with Crippen LogP contribution in [0.15, 0.2) is 41.4 Å². The summed E-state index contributed by atoms with van der Waals surface area (Å²) >= 11 is 13.9. The number of benzene rings is 2. The van der Waals surface area contributed by atoms with Gasteiger partial charge in [-0.05, 0) is 57.8 Å². The molecule has 33 heteroatoms. The number of rotatable bonds is 32.